The Morgan fingerprint density at radius 2 is 1.88 bits per heavy atom. The van der Waals surface area contributed by atoms with Gasteiger partial charge in [-0.2, -0.15) is 0 Å². The second kappa shape index (κ2) is 7.46. The Labute approximate surface area is 147 Å². The smallest absolute Gasteiger partial charge is 0.141 e. The van der Waals surface area contributed by atoms with E-state index in [2.05, 4.69) is 47.6 Å². The van der Waals surface area contributed by atoms with Crippen molar-refractivity contribution in [1.29, 1.82) is 5.41 Å². The minimum Gasteiger partial charge on any atom is -0.383 e. The molecule has 3 nitrogen and oxygen atoms in total. The Kier molecular flexibility index (Phi) is 4.92. The molecule has 3 N–H and O–H groups in total. The van der Waals surface area contributed by atoms with Crippen molar-refractivity contribution in [1.82, 2.24) is 0 Å². The van der Waals surface area contributed by atoms with Crippen LogP contribution in [0.4, 0.5) is 0 Å². The molecule has 0 spiro atoms. The van der Waals surface area contributed by atoms with Gasteiger partial charge in [-0.05, 0) is 41.3 Å². The maximum absolute atomic E-state index is 8.07. The van der Waals surface area contributed by atoms with Crippen molar-refractivity contribution in [3.05, 3.63) is 94.9 Å². The first-order valence-electron chi connectivity index (χ1n) is 8.09. The van der Waals surface area contributed by atoms with E-state index >= 15 is 0 Å². The van der Waals surface area contributed by atoms with Crippen LogP contribution in [0, 0.1) is 12.3 Å². The Hall–Kier alpha value is -3.38. The minimum absolute atomic E-state index is 0.221. The lowest BCUT2D eigenvalue weighted by atomic mass is 9.99. The van der Waals surface area contributed by atoms with Crippen molar-refractivity contribution < 1.29 is 0 Å². The van der Waals surface area contributed by atoms with Gasteiger partial charge in [-0.15, -0.1) is 0 Å². The molecule has 2 aromatic carbocycles. The van der Waals surface area contributed by atoms with Crippen LogP contribution in [-0.4, -0.2) is 11.7 Å². The molecule has 25 heavy (non-hydrogen) atoms. The lowest BCUT2D eigenvalue weighted by Crippen LogP contribution is -2.16. The molecule has 122 valence electrons. The summed E-state index contributed by atoms with van der Waals surface area (Å²) in [5, 5.41) is 8.07. The molecule has 0 aromatic heterocycles. The molecule has 0 amide bonds. The molecule has 0 saturated carbocycles. The molecule has 0 saturated heterocycles. The lowest BCUT2D eigenvalue weighted by Gasteiger charge is -2.07. The molecule has 2 aromatic rings. The second-order valence-corrected chi connectivity index (χ2v) is 5.84. The number of benzene rings is 2. The zero-order valence-electron chi connectivity index (χ0n) is 14.1. The van der Waals surface area contributed by atoms with Crippen molar-refractivity contribution in [3.8, 4) is 11.1 Å². The molecule has 0 heterocycles. The van der Waals surface area contributed by atoms with Crippen LogP contribution in [0.1, 0.15) is 11.1 Å². The summed E-state index contributed by atoms with van der Waals surface area (Å²) in [5.41, 5.74) is 17.0. The van der Waals surface area contributed by atoms with Gasteiger partial charge in [-0.3, -0.25) is 5.41 Å². The first kappa shape index (κ1) is 16.5. The van der Waals surface area contributed by atoms with Gasteiger partial charge >= 0.3 is 0 Å². The van der Waals surface area contributed by atoms with E-state index in [1.807, 2.05) is 30.3 Å². The van der Waals surface area contributed by atoms with E-state index in [9.17, 15) is 0 Å². The van der Waals surface area contributed by atoms with E-state index in [0.717, 1.165) is 5.56 Å². The molecule has 0 atom stereocenters. The van der Waals surface area contributed by atoms with E-state index in [4.69, 9.17) is 11.1 Å². The number of aryl methyl sites for hydroxylation is 1. The molecule has 0 bridgehead atoms. The van der Waals surface area contributed by atoms with Gasteiger partial charge in [-0.1, -0.05) is 66.1 Å². The van der Waals surface area contributed by atoms with Crippen LogP contribution in [-0.2, 0) is 6.42 Å². The van der Waals surface area contributed by atoms with E-state index in [-0.39, 0.29) is 5.84 Å². The number of hydrogen-bond acceptors (Lipinski definition) is 1. The highest BCUT2D eigenvalue weighted by Gasteiger charge is 2.05. The third-order valence-electron chi connectivity index (χ3n) is 3.96. The number of rotatable bonds is 4. The Morgan fingerprint density at radius 1 is 1.12 bits per heavy atom. The van der Waals surface area contributed by atoms with Crippen LogP contribution in [0.5, 0.6) is 0 Å². The minimum atomic E-state index is 0.221. The third kappa shape index (κ3) is 4.13. The highest BCUT2D eigenvalue weighted by Crippen LogP contribution is 2.23. The Morgan fingerprint density at radius 3 is 2.56 bits per heavy atom. The molecule has 0 radical (unpaired) electrons. The summed E-state index contributed by atoms with van der Waals surface area (Å²) in [6.45, 7) is 2.11. The average molecular weight is 325 g/mol. The Balaban J connectivity index is 1.72. The second-order valence-electron chi connectivity index (χ2n) is 5.84. The molecule has 0 aliphatic heterocycles. The fourth-order valence-corrected chi connectivity index (χ4v) is 2.64. The first-order valence-corrected chi connectivity index (χ1v) is 8.09. The molecule has 3 rings (SSSR count). The average Bonchev–Trinajstić information content (AvgIpc) is 2.63. The highest BCUT2D eigenvalue weighted by atomic mass is 14.9. The number of aliphatic imine (C=N–C) groups is 1. The van der Waals surface area contributed by atoms with Gasteiger partial charge in [0.25, 0.3) is 0 Å². The normalized spacial score (nSPS) is 13.0. The predicted molar refractivity (Wildman–Crippen MR) is 104 cm³/mol. The fraction of sp³-hybridized carbons (Fsp3) is 0.0909. The number of nitrogens with zero attached hydrogens (tertiary/aromatic N) is 1. The molecule has 0 unspecified atom stereocenters. The van der Waals surface area contributed by atoms with Crippen molar-refractivity contribution in [2.45, 2.75) is 13.3 Å². The van der Waals surface area contributed by atoms with Crippen LogP contribution in [0.25, 0.3) is 11.1 Å². The monoisotopic (exact) mass is 325 g/mol. The van der Waals surface area contributed by atoms with Crippen LogP contribution in [0.15, 0.2) is 88.8 Å². The van der Waals surface area contributed by atoms with Crippen molar-refractivity contribution in [2.75, 3.05) is 0 Å². The largest absolute Gasteiger partial charge is 0.383 e. The quantitative estimate of drug-likeness (QED) is 0.490. The summed E-state index contributed by atoms with van der Waals surface area (Å²) >= 11 is 0. The van der Waals surface area contributed by atoms with Crippen molar-refractivity contribution >= 4 is 11.7 Å². The zero-order valence-corrected chi connectivity index (χ0v) is 14.1. The SMILES string of the molecule is Cc1ccccc1-c1ccc(CC(=N)/N=C(\N)C2=C=C=CC=C2)cc1. The number of hydrogen-bond donors (Lipinski definition) is 2. The summed E-state index contributed by atoms with van der Waals surface area (Å²) in [4.78, 5) is 4.16. The van der Waals surface area contributed by atoms with Crippen LogP contribution < -0.4 is 5.73 Å². The fourth-order valence-electron chi connectivity index (χ4n) is 2.64. The van der Waals surface area contributed by atoms with Gasteiger partial charge in [-0.25, -0.2) is 4.99 Å². The highest BCUT2D eigenvalue weighted by molar-refractivity contribution is 6.06. The first-order chi connectivity index (χ1) is 12.1. The molecule has 1 aliphatic carbocycles. The van der Waals surface area contributed by atoms with Gasteiger partial charge in [0.1, 0.15) is 11.7 Å². The third-order valence-corrected chi connectivity index (χ3v) is 3.96. The summed E-state index contributed by atoms with van der Waals surface area (Å²) in [7, 11) is 0. The van der Waals surface area contributed by atoms with Crippen molar-refractivity contribution in [2.24, 2.45) is 10.7 Å². The standard InChI is InChI=1S/C22H19N3/c1-16-7-5-6-10-20(16)18-13-11-17(12-14-18)15-21(23)25-22(24)19-8-3-2-4-9-19/h2-3,5-8,10-14H,15H2,1H3,(H3,23,24,25). The summed E-state index contributed by atoms with van der Waals surface area (Å²) in [6, 6.07) is 16.5. The predicted octanol–water partition coefficient (Wildman–Crippen LogP) is 4.35. The molecule has 3 heteroatoms. The zero-order chi connectivity index (χ0) is 17.6. The number of nitrogens with two attached hydrogens (primary N) is 1. The summed E-state index contributed by atoms with van der Waals surface area (Å²) in [6.07, 6.45) is 5.81. The molecule has 0 fully saturated rings. The van der Waals surface area contributed by atoms with Gasteiger partial charge < -0.3 is 5.73 Å². The van der Waals surface area contributed by atoms with Gasteiger partial charge in [0.2, 0.25) is 0 Å². The molecular formula is C22H19N3. The molecular weight excluding hydrogens is 306 g/mol. The van der Waals surface area contributed by atoms with E-state index < -0.39 is 0 Å². The van der Waals surface area contributed by atoms with Crippen molar-refractivity contribution in [3.63, 3.8) is 0 Å². The molecule has 1 aliphatic rings. The van der Waals surface area contributed by atoms with Crippen LogP contribution in [0.3, 0.4) is 0 Å². The van der Waals surface area contributed by atoms with E-state index in [1.54, 1.807) is 12.2 Å². The van der Waals surface area contributed by atoms with Gasteiger partial charge in [0.15, 0.2) is 0 Å². The van der Waals surface area contributed by atoms with Crippen LogP contribution >= 0.6 is 0 Å². The summed E-state index contributed by atoms with van der Waals surface area (Å²) in [5.74, 6) is 0.511. The topological polar surface area (TPSA) is 62.2 Å². The number of amidine groups is 2. The lowest BCUT2D eigenvalue weighted by molar-refractivity contribution is 1.24. The Bertz CT molecular complexity index is 963. The van der Waals surface area contributed by atoms with Gasteiger partial charge in [0.05, 0.1) is 5.57 Å². The van der Waals surface area contributed by atoms with E-state index in [0.29, 0.717) is 17.8 Å². The van der Waals surface area contributed by atoms with Gasteiger partial charge in [0, 0.05) is 6.42 Å². The number of allylic oxidation sites excluding steroid dienone is 2. The summed E-state index contributed by atoms with van der Waals surface area (Å²) < 4.78 is 0. The maximum Gasteiger partial charge on any atom is 0.141 e. The maximum atomic E-state index is 8.07. The van der Waals surface area contributed by atoms with E-state index in [1.165, 1.54) is 16.7 Å². The van der Waals surface area contributed by atoms with Crippen LogP contribution in [0.2, 0.25) is 0 Å². The number of nitrogens with one attached hydrogen (secondary N) is 1.